The maximum absolute atomic E-state index is 12.8. The summed E-state index contributed by atoms with van der Waals surface area (Å²) in [6.07, 6.45) is 0. The fourth-order valence-corrected chi connectivity index (χ4v) is 4.20. The highest BCUT2D eigenvalue weighted by Gasteiger charge is 2.36. The largest absolute Gasteiger partial charge is 0.497 e. The minimum Gasteiger partial charge on any atom is -0.497 e. The lowest BCUT2D eigenvalue weighted by Crippen LogP contribution is -2.29. The topological polar surface area (TPSA) is 92.8 Å². The molecule has 0 spiro atoms. The Morgan fingerprint density at radius 2 is 1.48 bits per heavy atom. The van der Waals surface area contributed by atoms with Gasteiger partial charge in [0.05, 0.1) is 34.5 Å². The van der Waals surface area contributed by atoms with E-state index in [1.165, 1.54) is 31.4 Å². The summed E-state index contributed by atoms with van der Waals surface area (Å²) in [6.45, 7) is 0. The van der Waals surface area contributed by atoms with Gasteiger partial charge >= 0.3 is 0 Å². The van der Waals surface area contributed by atoms with Gasteiger partial charge in [0, 0.05) is 6.07 Å². The second-order valence-electron chi connectivity index (χ2n) is 6.33. The van der Waals surface area contributed by atoms with Crippen LogP contribution in [0.15, 0.2) is 77.7 Å². The molecule has 0 aromatic heterocycles. The van der Waals surface area contributed by atoms with Gasteiger partial charge in [0.25, 0.3) is 21.8 Å². The van der Waals surface area contributed by atoms with E-state index in [4.69, 9.17) is 4.74 Å². The minimum atomic E-state index is -3.95. The number of nitrogens with one attached hydrogen (secondary N) is 1. The second-order valence-corrected chi connectivity index (χ2v) is 8.01. The van der Waals surface area contributed by atoms with Gasteiger partial charge in [0.2, 0.25) is 0 Å². The Balaban J connectivity index is 1.67. The first-order valence-electron chi connectivity index (χ1n) is 8.65. The number of rotatable bonds is 5. The summed E-state index contributed by atoms with van der Waals surface area (Å²) in [4.78, 5) is 26.2. The summed E-state index contributed by atoms with van der Waals surface area (Å²) in [6, 6.07) is 18.7. The molecule has 29 heavy (non-hydrogen) atoms. The van der Waals surface area contributed by atoms with Gasteiger partial charge in [-0.05, 0) is 42.5 Å². The minimum absolute atomic E-state index is 0.0747. The Bertz CT molecular complexity index is 1200. The van der Waals surface area contributed by atoms with E-state index in [0.29, 0.717) is 22.6 Å². The lowest BCUT2D eigenvalue weighted by molar-refractivity contribution is 0.0926. The van der Waals surface area contributed by atoms with E-state index < -0.39 is 21.8 Å². The van der Waals surface area contributed by atoms with Crippen LogP contribution < -0.4 is 14.4 Å². The van der Waals surface area contributed by atoms with Gasteiger partial charge in [-0.25, -0.2) is 13.3 Å². The van der Waals surface area contributed by atoms with E-state index in [2.05, 4.69) is 4.72 Å². The van der Waals surface area contributed by atoms with Crippen molar-refractivity contribution in [3.8, 4) is 5.75 Å². The van der Waals surface area contributed by atoms with Crippen LogP contribution in [0.4, 0.5) is 11.4 Å². The smallest absolute Gasteiger partial charge is 0.266 e. The van der Waals surface area contributed by atoms with E-state index in [0.717, 1.165) is 4.90 Å². The van der Waals surface area contributed by atoms with Crippen molar-refractivity contribution in [1.82, 2.24) is 0 Å². The molecule has 0 saturated heterocycles. The Kier molecular flexibility index (Phi) is 4.56. The number of carbonyl (C=O) groups excluding carboxylic acids is 2. The molecule has 1 heterocycles. The molecule has 2 amide bonds. The van der Waals surface area contributed by atoms with Gasteiger partial charge in [0.1, 0.15) is 5.75 Å². The number of methoxy groups -OCH3 is 1. The zero-order valence-electron chi connectivity index (χ0n) is 15.3. The van der Waals surface area contributed by atoms with Gasteiger partial charge in [-0.3, -0.25) is 14.3 Å². The van der Waals surface area contributed by atoms with Crippen molar-refractivity contribution in [2.75, 3.05) is 16.7 Å². The zero-order chi connectivity index (χ0) is 20.6. The van der Waals surface area contributed by atoms with Crippen molar-refractivity contribution in [1.29, 1.82) is 0 Å². The molecular formula is C21H16N2O5S. The molecule has 0 unspecified atom stereocenters. The van der Waals surface area contributed by atoms with Crippen molar-refractivity contribution >= 4 is 33.2 Å². The quantitative estimate of drug-likeness (QED) is 0.654. The first-order valence-corrected chi connectivity index (χ1v) is 10.1. The Hall–Kier alpha value is -3.65. The third-order valence-electron chi connectivity index (χ3n) is 4.50. The number of hydrogen-bond acceptors (Lipinski definition) is 5. The maximum atomic E-state index is 12.8. The molecule has 0 atom stereocenters. The summed E-state index contributed by atoms with van der Waals surface area (Å²) in [5, 5.41) is 0. The average Bonchev–Trinajstić information content (AvgIpc) is 2.98. The monoisotopic (exact) mass is 408 g/mol. The number of hydrogen-bond donors (Lipinski definition) is 1. The summed E-state index contributed by atoms with van der Waals surface area (Å²) in [7, 11) is -2.46. The first kappa shape index (κ1) is 18.7. The Morgan fingerprint density at radius 3 is 2.14 bits per heavy atom. The molecule has 0 aliphatic carbocycles. The van der Waals surface area contributed by atoms with Gasteiger partial charge in [-0.15, -0.1) is 0 Å². The van der Waals surface area contributed by atoms with Gasteiger partial charge in [-0.1, -0.05) is 24.3 Å². The molecule has 3 aromatic carbocycles. The van der Waals surface area contributed by atoms with Crippen LogP contribution in [0.1, 0.15) is 20.7 Å². The summed E-state index contributed by atoms with van der Waals surface area (Å²) >= 11 is 0. The van der Waals surface area contributed by atoms with Crippen LogP contribution >= 0.6 is 0 Å². The SMILES string of the molecule is COc1cccc(NS(=O)(=O)c2cccc(N3C(=O)c4ccccc4C3=O)c2)c1. The summed E-state index contributed by atoms with van der Waals surface area (Å²) < 4.78 is 33.2. The molecule has 0 bridgehead atoms. The van der Waals surface area contributed by atoms with Gasteiger partial charge in [0.15, 0.2) is 0 Å². The molecule has 146 valence electrons. The van der Waals surface area contributed by atoms with E-state index >= 15 is 0 Å². The number of sulfonamides is 1. The number of amides is 2. The van der Waals surface area contributed by atoms with Crippen molar-refractivity contribution in [2.45, 2.75) is 4.90 Å². The molecule has 1 aliphatic heterocycles. The van der Waals surface area contributed by atoms with Crippen molar-refractivity contribution in [3.05, 3.63) is 83.9 Å². The van der Waals surface area contributed by atoms with Crippen LogP contribution in [-0.2, 0) is 10.0 Å². The number of ether oxygens (including phenoxy) is 1. The van der Waals surface area contributed by atoms with Gasteiger partial charge < -0.3 is 4.74 Å². The molecule has 0 radical (unpaired) electrons. The summed E-state index contributed by atoms with van der Waals surface area (Å²) in [5.41, 5.74) is 1.10. The number of imide groups is 1. The molecule has 1 N–H and O–H groups in total. The highest BCUT2D eigenvalue weighted by molar-refractivity contribution is 7.92. The van der Waals surface area contributed by atoms with Crippen LogP contribution in [0.2, 0.25) is 0 Å². The van der Waals surface area contributed by atoms with Gasteiger partial charge in [-0.2, -0.15) is 0 Å². The number of nitrogens with zero attached hydrogens (tertiary/aromatic N) is 1. The highest BCUT2D eigenvalue weighted by Crippen LogP contribution is 2.30. The van der Waals surface area contributed by atoms with Crippen LogP contribution in [-0.4, -0.2) is 27.3 Å². The van der Waals surface area contributed by atoms with E-state index in [9.17, 15) is 18.0 Å². The van der Waals surface area contributed by atoms with Crippen LogP contribution in [0.5, 0.6) is 5.75 Å². The highest BCUT2D eigenvalue weighted by atomic mass is 32.2. The third-order valence-corrected chi connectivity index (χ3v) is 5.88. The van der Waals surface area contributed by atoms with Crippen molar-refractivity contribution in [3.63, 3.8) is 0 Å². The maximum Gasteiger partial charge on any atom is 0.266 e. The van der Waals surface area contributed by atoms with Crippen molar-refractivity contribution in [2.24, 2.45) is 0 Å². The second kappa shape index (κ2) is 7.06. The predicted molar refractivity (Wildman–Crippen MR) is 108 cm³/mol. The first-order chi connectivity index (χ1) is 13.9. The number of fused-ring (bicyclic) bond motifs is 1. The fourth-order valence-electron chi connectivity index (χ4n) is 3.11. The molecular weight excluding hydrogens is 392 g/mol. The molecule has 0 fully saturated rings. The van der Waals surface area contributed by atoms with E-state index in [1.807, 2.05) is 0 Å². The molecule has 4 rings (SSSR count). The Labute approximate surface area is 167 Å². The third kappa shape index (κ3) is 3.34. The Morgan fingerprint density at radius 1 is 0.828 bits per heavy atom. The van der Waals surface area contributed by atoms with E-state index in [1.54, 1.807) is 48.5 Å². The number of anilines is 2. The normalized spacial score (nSPS) is 13.3. The molecule has 8 heteroatoms. The molecule has 7 nitrogen and oxygen atoms in total. The lowest BCUT2D eigenvalue weighted by Gasteiger charge is -2.15. The van der Waals surface area contributed by atoms with E-state index in [-0.39, 0.29) is 10.6 Å². The van der Waals surface area contributed by atoms with Crippen LogP contribution in [0.3, 0.4) is 0 Å². The molecule has 1 aliphatic rings. The average molecular weight is 408 g/mol. The van der Waals surface area contributed by atoms with Crippen molar-refractivity contribution < 1.29 is 22.7 Å². The predicted octanol–water partition coefficient (Wildman–Crippen LogP) is 3.30. The van der Waals surface area contributed by atoms with Crippen LogP contribution in [0.25, 0.3) is 0 Å². The summed E-state index contributed by atoms with van der Waals surface area (Å²) in [5.74, 6) is -0.466. The molecule has 0 saturated carbocycles. The lowest BCUT2D eigenvalue weighted by atomic mass is 10.1. The standard InChI is InChI=1S/C21H16N2O5S/c1-28-16-8-4-6-14(12-16)22-29(26,27)17-9-5-7-15(13-17)23-20(24)18-10-2-3-11-19(18)21(23)25/h2-13,22H,1H3. The number of benzene rings is 3. The zero-order valence-corrected chi connectivity index (χ0v) is 16.1. The number of carbonyl (C=O) groups is 2. The fraction of sp³-hybridized carbons (Fsp3) is 0.0476. The van der Waals surface area contributed by atoms with Crippen LogP contribution in [0, 0.1) is 0 Å². The molecule has 3 aromatic rings.